The van der Waals surface area contributed by atoms with Crippen molar-refractivity contribution in [3.05, 3.63) is 35.6 Å². The lowest BCUT2D eigenvalue weighted by atomic mass is 10.1. The molecule has 0 unspecified atom stereocenters. The van der Waals surface area contributed by atoms with Crippen LogP contribution in [0.1, 0.15) is 50.6 Å². The maximum absolute atomic E-state index is 13.0. The second-order valence-corrected chi connectivity index (χ2v) is 7.06. The van der Waals surface area contributed by atoms with E-state index < -0.39 is 48.3 Å². The van der Waals surface area contributed by atoms with E-state index in [1.165, 1.54) is 24.3 Å². The number of nitrogens with one attached hydrogen (secondary N) is 3. The Morgan fingerprint density at radius 3 is 1.88 bits per heavy atom. The van der Waals surface area contributed by atoms with E-state index in [9.17, 15) is 33.5 Å². The van der Waals surface area contributed by atoms with Gasteiger partial charge in [-0.05, 0) is 43.9 Å². The van der Waals surface area contributed by atoms with Gasteiger partial charge in [-0.15, -0.1) is 0 Å². The topological polar surface area (TPSA) is 182 Å². The van der Waals surface area contributed by atoms with Crippen molar-refractivity contribution in [2.24, 2.45) is 0 Å². The number of halogens is 1. The van der Waals surface area contributed by atoms with Crippen LogP contribution in [0.3, 0.4) is 0 Å². The molecule has 3 amide bonds. The van der Waals surface area contributed by atoms with Crippen molar-refractivity contribution in [3.8, 4) is 0 Å². The Morgan fingerprint density at radius 1 is 0.844 bits per heavy atom. The van der Waals surface area contributed by atoms with Crippen molar-refractivity contribution >= 4 is 29.8 Å². The van der Waals surface area contributed by atoms with Gasteiger partial charge in [0.2, 0.25) is 5.91 Å². The lowest BCUT2D eigenvalue weighted by Gasteiger charge is -2.18. The number of carboxylic acid groups (broad SMARTS) is 3. The summed E-state index contributed by atoms with van der Waals surface area (Å²) < 4.78 is 13.0. The molecule has 0 aliphatic heterocycles. The molecule has 3 atom stereocenters. The monoisotopic (exact) mass is 455 g/mol. The van der Waals surface area contributed by atoms with E-state index in [-0.39, 0.29) is 37.6 Å². The summed E-state index contributed by atoms with van der Waals surface area (Å²) in [6.07, 6.45) is -0.892. The average molecular weight is 455 g/mol. The molecule has 6 N–H and O–H groups in total. The number of benzene rings is 1. The minimum Gasteiger partial charge on any atom is -0.481 e. The van der Waals surface area contributed by atoms with Crippen molar-refractivity contribution < 1.29 is 43.7 Å². The predicted molar refractivity (Wildman–Crippen MR) is 108 cm³/mol. The summed E-state index contributed by atoms with van der Waals surface area (Å²) in [5.41, 5.74) is 0.692. The zero-order chi connectivity index (χ0) is 24.3. The van der Waals surface area contributed by atoms with Gasteiger partial charge in [0.15, 0.2) is 0 Å². The third-order valence-electron chi connectivity index (χ3n) is 4.50. The third kappa shape index (κ3) is 9.87. The molecule has 0 aliphatic rings. The van der Waals surface area contributed by atoms with Crippen molar-refractivity contribution in [1.82, 2.24) is 16.0 Å². The Kier molecular flexibility index (Phi) is 10.6. The number of carboxylic acids is 3. The highest BCUT2D eigenvalue weighted by molar-refractivity contribution is 5.86. The van der Waals surface area contributed by atoms with Gasteiger partial charge in [-0.25, -0.2) is 18.8 Å². The normalized spacial score (nSPS) is 13.3. The van der Waals surface area contributed by atoms with E-state index in [2.05, 4.69) is 10.6 Å². The standard InChI is InChI=1S/C20H26FN3O8/c1-11(12-5-7-13(21)8-6-12)22-16(25)4-2-3-14(18(28)29)23-20(32)24-15(19(30)31)9-10-17(26)27/h5-8,11,14-15H,2-4,9-10H2,1H3,(H,22,25)(H,26,27)(H,28,29)(H,30,31)(H2,23,24,32)/t11-,14+,15+/m1/s1. The molecule has 0 saturated carbocycles. The van der Waals surface area contributed by atoms with Gasteiger partial charge in [-0.1, -0.05) is 12.1 Å². The van der Waals surface area contributed by atoms with Crippen LogP contribution in [0.15, 0.2) is 24.3 Å². The molecule has 0 saturated heterocycles. The second-order valence-electron chi connectivity index (χ2n) is 7.06. The molecular weight excluding hydrogens is 429 g/mol. The molecule has 176 valence electrons. The van der Waals surface area contributed by atoms with Gasteiger partial charge >= 0.3 is 23.9 Å². The molecule has 0 spiro atoms. The van der Waals surface area contributed by atoms with Crippen LogP contribution in [0.5, 0.6) is 0 Å². The Balaban J connectivity index is 2.49. The summed E-state index contributed by atoms with van der Waals surface area (Å²) >= 11 is 0. The highest BCUT2D eigenvalue weighted by Crippen LogP contribution is 2.13. The SMILES string of the molecule is C[C@@H](NC(=O)CCC[C@H](NC(=O)N[C@@H](CCC(=O)O)C(=O)O)C(=O)O)c1ccc(F)cc1. The van der Waals surface area contributed by atoms with Gasteiger partial charge in [0.05, 0.1) is 6.04 Å². The van der Waals surface area contributed by atoms with Crippen LogP contribution in [-0.2, 0) is 19.2 Å². The third-order valence-corrected chi connectivity index (χ3v) is 4.50. The quantitative estimate of drug-likeness (QED) is 0.257. The first kappa shape index (κ1) is 26.3. The summed E-state index contributed by atoms with van der Waals surface area (Å²) in [5.74, 6) is -4.85. The van der Waals surface area contributed by atoms with Gasteiger partial charge in [0.1, 0.15) is 17.9 Å². The van der Waals surface area contributed by atoms with E-state index in [0.29, 0.717) is 5.56 Å². The summed E-state index contributed by atoms with van der Waals surface area (Å²) in [5, 5.41) is 33.7. The van der Waals surface area contributed by atoms with Crippen molar-refractivity contribution in [1.29, 1.82) is 0 Å². The Morgan fingerprint density at radius 2 is 1.38 bits per heavy atom. The first-order valence-electron chi connectivity index (χ1n) is 9.78. The van der Waals surface area contributed by atoms with Gasteiger partial charge in [0, 0.05) is 12.8 Å². The number of urea groups is 1. The summed E-state index contributed by atoms with van der Waals surface area (Å²) in [7, 11) is 0. The van der Waals surface area contributed by atoms with Gasteiger partial charge in [-0.2, -0.15) is 0 Å². The Labute approximate surface area is 183 Å². The van der Waals surface area contributed by atoms with Crippen molar-refractivity contribution in [3.63, 3.8) is 0 Å². The predicted octanol–water partition coefficient (Wildman–Crippen LogP) is 1.24. The van der Waals surface area contributed by atoms with E-state index in [1.807, 2.05) is 5.32 Å². The second kappa shape index (κ2) is 12.9. The number of carbonyl (C=O) groups is 5. The van der Waals surface area contributed by atoms with Crippen LogP contribution in [0, 0.1) is 5.82 Å². The number of hydrogen-bond acceptors (Lipinski definition) is 5. The number of aliphatic carboxylic acids is 3. The zero-order valence-corrected chi connectivity index (χ0v) is 17.3. The van der Waals surface area contributed by atoms with Crippen LogP contribution in [0.4, 0.5) is 9.18 Å². The molecular formula is C20H26FN3O8. The largest absolute Gasteiger partial charge is 0.481 e. The zero-order valence-electron chi connectivity index (χ0n) is 17.3. The van der Waals surface area contributed by atoms with Crippen LogP contribution in [0.25, 0.3) is 0 Å². The fraction of sp³-hybridized carbons (Fsp3) is 0.450. The first-order chi connectivity index (χ1) is 15.0. The molecule has 12 heteroatoms. The highest BCUT2D eigenvalue weighted by atomic mass is 19.1. The molecule has 1 aromatic carbocycles. The summed E-state index contributed by atoms with van der Waals surface area (Å²) in [6, 6.07) is 1.25. The van der Waals surface area contributed by atoms with Crippen LogP contribution in [-0.4, -0.2) is 57.2 Å². The number of rotatable bonds is 13. The maximum atomic E-state index is 13.0. The Bertz CT molecular complexity index is 831. The van der Waals surface area contributed by atoms with Crippen LogP contribution in [0.2, 0.25) is 0 Å². The molecule has 0 radical (unpaired) electrons. The fourth-order valence-corrected chi connectivity index (χ4v) is 2.76. The van der Waals surface area contributed by atoms with E-state index in [1.54, 1.807) is 6.92 Å². The highest BCUT2D eigenvalue weighted by Gasteiger charge is 2.25. The lowest BCUT2D eigenvalue weighted by molar-refractivity contribution is -0.140. The smallest absolute Gasteiger partial charge is 0.326 e. The van der Waals surface area contributed by atoms with E-state index in [4.69, 9.17) is 10.2 Å². The summed E-state index contributed by atoms with van der Waals surface area (Å²) in [6.45, 7) is 1.71. The first-order valence-corrected chi connectivity index (χ1v) is 9.78. The molecule has 0 fully saturated rings. The molecule has 32 heavy (non-hydrogen) atoms. The number of amides is 3. The van der Waals surface area contributed by atoms with Gasteiger partial charge in [-0.3, -0.25) is 9.59 Å². The molecule has 0 aliphatic carbocycles. The number of carbonyl (C=O) groups excluding carboxylic acids is 2. The molecule has 11 nitrogen and oxygen atoms in total. The van der Waals surface area contributed by atoms with Crippen molar-refractivity contribution in [2.45, 2.75) is 57.2 Å². The van der Waals surface area contributed by atoms with E-state index in [0.717, 1.165) is 0 Å². The maximum Gasteiger partial charge on any atom is 0.326 e. The minimum atomic E-state index is -1.50. The van der Waals surface area contributed by atoms with Gasteiger partial charge < -0.3 is 31.3 Å². The van der Waals surface area contributed by atoms with Crippen LogP contribution >= 0.6 is 0 Å². The number of hydrogen-bond donors (Lipinski definition) is 6. The van der Waals surface area contributed by atoms with E-state index >= 15 is 0 Å². The van der Waals surface area contributed by atoms with Crippen molar-refractivity contribution in [2.75, 3.05) is 0 Å². The molecule has 1 rings (SSSR count). The fourth-order valence-electron chi connectivity index (χ4n) is 2.76. The minimum absolute atomic E-state index is 0.0328. The van der Waals surface area contributed by atoms with Gasteiger partial charge in [0.25, 0.3) is 0 Å². The average Bonchev–Trinajstić information content (AvgIpc) is 2.70. The molecule has 0 aromatic heterocycles. The molecule has 1 aromatic rings. The lowest BCUT2D eigenvalue weighted by Crippen LogP contribution is -2.51. The molecule has 0 heterocycles. The van der Waals surface area contributed by atoms with Crippen LogP contribution < -0.4 is 16.0 Å². The molecule has 0 bridgehead atoms. The Hall–Kier alpha value is -3.70. The summed E-state index contributed by atoms with van der Waals surface area (Å²) in [4.78, 5) is 57.0.